The topological polar surface area (TPSA) is 58.4 Å². The Labute approximate surface area is 135 Å². The number of nitrogens with one attached hydrogen (secondary N) is 1. The normalized spacial score (nSPS) is 18.3. The van der Waals surface area contributed by atoms with Crippen molar-refractivity contribution in [2.45, 2.75) is 37.6 Å². The van der Waals surface area contributed by atoms with Crippen LogP contribution in [-0.2, 0) is 11.2 Å². The average molecular weight is 326 g/mol. The van der Waals surface area contributed by atoms with Crippen molar-refractivity contribution >= 4 is 34.5 Å². The Morgan fingerprint density at radius 3 is 2.81 bits per heavy atom. The smallest absolute Gasteiger partial charge is 0.220 e. The number of piperidine rings is 1. The molecule has 1 aromatic heterocycles. The number of amides is 1. The lowest BCUT2D eigenvalue weighted by atomic mass is 9.87. The highest BCUT2D eigenvalue weighted by Crippen LogP contribution is 2.22. The van der Waals surface area contributed by atoms with Gasteiger partial charge >= 0.3 is 0 Å². The first kappa shape index (κ1) is 16.4. The molecule has 1 aliphatic rings. The number of thiocarbonyl (C=S) groups is 1. The first-order valence-corrected chi connectivity index (χ1v) is 8.62. The van der Waals surface area contributed by atoms with Crippen LogP contribution in [-0.4, -0.2) is 41.5 Å². The molecular weight excluding hydrogens is 302 g/mol. The third kappa shape index (κ3) is 4.49. The van der Waals surface area contributed by atoms with E-state index in [0.29, 0.717) is 11.4 Å². The van der Waals surface area contributed by atoms with Crippen molar-refractivity contribution in [3.05, 3.63) is 22.4 Å². The molecule has 1 aliphatic heterocycles. The summed E-state index contributed by atoms with van der Waals surface area (Å²) in [6, 6.07) is 4.15. The molecule has 21 heavy (non-hydrogen) atoms. The Morgan fingerprint density at radius 2 is 2.24 bits per heavy atom. The van der Waals surface area contributed by atoms with E-state index in [2.05, 4.69) is 28.7 Å². The van der Waals surface area contributed by atoms with Crippen LogP contribution < -0.4 is 11.1 Å². The van der Waals surface area contributed by atoms with Crippen LogP contribution in [0.2, 0.25) is 0 Å². The van der Waals surface area contributed by atoms with Crippen molar-refractivity contribution in [3.63, 3.8) is 0 Å². The predicted molar refractivity (Wildman–Crippen MR) is 91.6 cm³/mol. The van der Waals surface area contributed by atoms with Gasteiger partial charge in [-0.1, -0.05) is 18.3 Å². The number of aryl methyl sites for hydroxylation is 1. The van der Waals surface area contributed by atoms with Gasteiger partial charge in [-0.05, 0) is 44.2 Å². The SMILES string of the molecule is CN1CCC(NC(=O)CCCc2cccs2)(C(N)=S)CC1. The zero-order chi connectivity index (χ0) is 15.3. The first-order chi connectivity index (χ1) is 10.0. The van der Waals surface area contributed by atoms with Crippen LogP contribution in [0.15, 0.2) is 17.5 Å². The van der Waals surface area contributed by atoms with Gasteiger partial charge in [-0.3, -0.25) is 4.79 Å². The maximum atomic E-state index is 12.2. The van der Waals surface area contributed by atoms with Gasteiger partial charge in [0.2, 0.25) is 5.91 Å². The number of likely N-dealkylation sites (tertiary alicyclic amines) is 1. The zero-order valence-corrected chi connectivity index (χ0v) is 14.1. The third-order valence-corrected chi connectivity index (χ3v) is 5.42. The molecule has 0 bridgehead atoms. The van der Waals surface area contributed by atoms with Crippen LogP contribution >= 0.6 is 23.6 Å². The highest BCUT2D eigenvalue weighted by atomic mass is 32.1. The number of rotatable bonds is 6. The average Bonchev–Trinajstić information content (AvgIpc) is 2.94. The van der Waals surface area contributed by atoms with Gasteiger partial charge in [0.1, 0.15) is 0 Å². The van der Waals surface area contributed by atoms with Gasteiger partial charge in [0.25, 0.3) is 0 Å². The number of thiophene rings is 1. The monoisotopic (exact) mass is 325 g/mol. The van der Waals surface area contributed by atoms with E-state index < -0.39 is 5.54 Å². The standard InChI is InChI=1S/C15H23N3OS2/c1-18-9-7-15(8-10-18,14(16)20)17-13(19)6-2-4-12-5-3-11-21-12/h3,5,11H,2,4,6-10H2,1H3,(H2,16,20)(H,17,19). The van der Waals surface area contributed by atoms with Crippen LogP contribution in [0, 0.1) is 0 Å². The molecule has 1 fully saturated rings. The molecule has 0 unspecified atom stereocenters. The van der Waals surface area contributed by atoms with E-state index in [1.165, 1.54) is 4.88 Å². The summed E-state index contributed by atoms with van der Waals surface area (Å²) < 4.78 is 0. The van der Waals surface area contributed by atoms with Gasteiger partial charge in [0.05, 0.1) is 10.5 Å². The minimum atomic E-state index is -0.484. The second kappa shape index (κ2) is 7.33. The molecule has 0 aromatic carbocycles. The lowest BCUT2D eigenvalue weighted by molar-refractivity contribution is -0.122. The summed E-state index contributed by atoms with van der Waals surface area (Å²) in [5.74, 6) is 0.0592. The molecule has 0 atom stereocenters. The molecule has 0 radical (unpaired) electrons. The van der Waals surface area contributed by atoms with Gasteiger partial charge in [-0.25, -0.2) is 0 Å². The number of carbonyl (C=O) groups is 1. The fourth-order valence-corrected chi connectivity index (χ4v) is 3.65. The van der Waals surface area contributed by atoms with Gasteiger partial charge in [0.15, 0.2) is 0 Å². The molecule has 0 aliphatic carbocycles. The zero-order valence-electron chi connectivity index (χ0n) is 12.4. The number of hydrogen-bond acceptors (Lipinski definition) is 4. The number of hydrogen-bond donors (Lipinski definition) is 2. The van der Waals surface area contributed by atoms with Gasteiger partial charge in [0, 0.05) is 24.4 Å². The molecule has 1 aromatic rings. The van der Waals surface area contributed by atoms with E-state index >= 15 is 0 Å². The Morgan fingerprint density at radius 1 is 1.52 bits per heavy atom. The summed E-state index contributed by atoms with van der Waals surface area (Å²) in [7, 11) is 2.08. The van der Waals surface area contributed by atoms with Crippen LogP contribution in [0.4, 0.5) is 0 Å². The summed E-state index contributed by atoms with van der Waals surface area (Å²) in [6.07, 6.45) is 3.94. The fourth-order valence-electron chi connectivity index (χ4n) is 2.64. The van der Waals surface area contributed by atoms with Gasteiger partial charge in [-0.15, -0.1) is 11.3 Å². The lowest BCUT2D eigenvalue weighted by Crippen LogP contribution is -2.61. The number of nitrogens with two attached hydrogens (primary N) is 1. The third-order valence-electron chi connectivity index (χ3n) is 4.10. The second-order valence-corrected chi connectivity index (χ2v) is 7.20. The summed E-state index contributed by atoms with van der Waals surface area (Å²) in [6.45, 7) is 1.82. The molecule has 0 spiro atoms. The molecule has 1 amide bonds. The summed E-state index contributed by atoms with van der Waals surface area (Å²) in [4.78, 5) is 16.2. The largest absolute Gasteiger partial charge is 0.391 e. The first-order valence-electron chi connectivity index (χ1n) is 7.34. The quantitative estimate of drug-likeness (QED) is 0.785. The molecule has 2 heterocycles. The highest BCUT2D eigenvalue weighted by Gasteiger charge is 2.37. The summed E-state index contributed by atoms with van der Waals surface area (Å²) in [5.41, 5.74) is 5.42. The van der Waals surface area contributed by atoms with E-state index in [-0.39, 0.29) is 5.91 Å². The fraction of sp³-hybridized carbons (Fsp3) is 0.600. The molecule has 1 saturated heterocycles. The van der Waals surface area contributed by atoms with Crippen molar-refractivity contribution in [1.29, 1.82) is 0 Å². The van der Waals surface area contributed by atoms with Crippen molar-refractivity contribution in [3.8, 4) is 0 Å². The van der Waals surface area contributed by atoms with Crippen molar-refractivity contribution in [2.75, 3.05) is 20.1 Å². The van der Waals surface area contributed by atoms with Crippen LogP contribution in [0.25, 0.3) is 0 Å². The Kier molecular flexibility index (Phi) is 5.72. The maximum absolute atomic E-state index is 12.2. The molecule has 6 heteroatoms. The molecular formula is C15H23N3OS2. The van der Waals surface area contributed by atoms with Crippen molar-refractivity contribution in [2.24, 2.45) is 5.73 Å². The molecule has 3 N–H and O–H groups in total. The predicted octanol–water partition coefficient (Wildman–Crippen LogP) is 1.94. The molecule has 116 valence electrons. The second-order valence-electron chi connectivity index (χ2n) is 5.73. The van der Waals surface area contributed by atoms with Crippen LogP contribution in [0.5, 0.6) is 0 Å². The van der Waals surface area contributed by atoms with E-state index in [1.54, 1.807) is 11.3 Å². The van der Waals surface area contributed by atoms with E-state index in [1.807, 2.05) is 6.07 Å². The minimum Gasteiger partial charge on any atom is -0.391 e. The summed E-state index contributed by atoms with van der Waals surface area (Å²) >= 11 is 6.95. The van der Waals surface area contributed by atoms with Gasteiger partial charge < -0.3 is 16.0 Å². The van der Waals surface area contributed by atoms with Crippen molar-refractivity contribution in [1.82, 2.24) is 10.2 Å². The van der Waals surface area contributed by atoms with E-state index in [9.17, 15) is 4.79 Å². The van der Waals surface area contributed by atoms with Crippen molar-refractivity contribution < 1.29 is 4.79 Å². The van der Waals surface area contributed by atoms with Gasteiger partial charge in [-0.2, -0.15) is 0 Å². The lowest BCUT2D eigenvalue weighted by Gasteiger charge is -2.40. The Bertz CT molecular complexity index is 479. The van der Waals surface area contributed by atoms with Crippen LogP contribution in [0.1, 0.15) is 30.6 Å². The number of carbonyl (C=O) groups excluding carboxylic acids is 1. The Balaban J connectivity index is 1.82. The van der Waals surface area contributed by atoms with Crippen LogP contribution in [0.3, 0.4) is 0 Å². The Hall–Kier alpha value is -0.980. The van der Waals surface area contributed by atoms with E-state index in [4.69, 9.17) is 18.0 Å². The minimum absolute atomic E-state index is 0.0592. The molecule has 2 rings (SSSR count). The number of nitrogens with zero attached hydrogens (tertiary/aromatic N) is 1. The highest BCUT2D eigenvalue weighted by molar-refractivity contribution is 7.80. The molecule has 0 saturated carbocycles. The molecule has 4 nitrogen and oxygen atoms in total. The van der Waals surface area contributed by atoms with E-state index in [0.717, 1.165) is 38.8 Å². The maximum Gasteiger partial charge on any atom is 0.220 e. The summed E-state index contributed by atoms with van der Waals surface area (Å²) in [5, 5.41) is 5.17.